The summed E-state index contributed by atoms with van der Waals surface area (Å²) in [6.07, 6.45) is 1.13. The molecule has 0 aromatic heterocycles. The maximum Gasteiger partial charge on any atom is 0.285 e. The number of ether oxygens (including phenoxy) is 1. The average Bonchev–Trinajstić information content (AvgIpc) is 2.87. The Balaban J connectivity index is 1.80. The molecule has 2 aliphatic rings. The van der Waals surface area contributed by atoms with Gasteiger partial charge in [0.05, 0.1) is 13.0 Å². The smallest absolute Gasteiger partial charge is 0.285 e. The van der Waals surface area contributed by atoms with E-state index in [1.165, 1.54) is 5.56 Å². The van der Waals surface area contributed by atoms with Crippen molar-refractivity contribution in [1.82, 2.24) is 9.80 Å². The van der Waals surface area contributed by atoms with Crippen LogP contribution < -0.4 is 0 Å². The first-order valence-electron chi connectivity index (χ1n) is 10.4. The SMILES string of the molecule is COCCC(=O)N1CCCN(C2=NS(=O)(=O)C(c3ccc(C(C)C)cc3)=C2C)CC1. The van der Waals surface area contributed by atoms with Gasteiger partial charge in [0.2, 0.25) is 5.91 Å². The van der Waals surface area contributed by atoms with E-state index in [-0.39, 0.29) is 10.8 Å². The van der Waals surface area contributed by atoms with Gasteiger partial charge in [-0.2, -0.15) is 8.42 Å². The Morgan fingerprint density at radius 3 is 2.47 bits per heavy atom. The van der Waals surface area contributed by atoms with E-state index >= 15 is 0 Å². The van der Waals surface area contributed by atoms with Crippen LogP contribution in [-0.4, -0.2) is 69.9 Å². The first kappa shape index (κ1) is 22.5. The molecule has 0 N–H and O–H groups in total. The van der Waals surface area contributed by atoms with Crippen molar-refractivity contribution in [3.8, 4) is 0 Å². The highest BCUT2D eigenvalue weighted by Gasteiger charge is 2.34. The molecule has 0 aliphatic carbocycles. The number of benzene rings is 1. The lowest BCUT2D eigenvalue weighted by molar-refractivity contribution is -0.131. The monoisotopic (exact) mass is 433 g/mol. The fourth-order valence-electron chi connectivity index (χ4n) is 3.93. The molecule has 1 saturated heterocycles. The third-order valence-electron chi connectivity index (χ3n) is 5.65. The molecule has 0 radical (unpaired) electrons. The van der Waals surface area contributed by atoms with Gasteiger partial charge in [0.15, 0.2) is 0 Å². The van der Waals surface area contributed by atoms with E-state index in [1.54, 1.807) is 7.11 Å². The van der Waals surface area contributed by atoms with E-state index in [2.05, 4.69) is 18.2 Å². The molecular weight excluding hydrogens is 402 g/mol. The van der Waals surface area contributed by atoms with Crippen LogP contribution >= 0.6 is 0 Å². The van der Waals surface area contributed by atoms with Gasteiger partial charge in [-0.1, -0.05) is 38.1 Å². The predicted molar refractivity (Wildman–Crippen MR) is 119 cm³/mol. The fourth-order valence-corrected chi connectivity index (χ4v) is 5.41. The lowest BCUT2D eigenvalue weighted by Crippen LogP contribution is -2.37. The van der Waals surface area contributed by atoms with E-state index in [1.807, 2.05) is 41.0 Å². The van der Waals surface area contributed by atoms with Crippen molar-refractivity contribution in [1.29, 1.82) is 0 Å². The van der Waals surface area contributed by atoms with Crippen molar-refractivity contribution in [2.45, 2.75) is 39.5 Å². The first-order valence-corrected chi connectivity index (χ1v) is 11.9. The Kier molecular flexibility index (Phi) is 6.98. The summed E-state index contributed by atoms with van der Waals surface area (Å²) < 4.78 is 34.9. The van der Waals surface area contributed by atoms with Gasteiger partial charge in [-0.3, -0.25) is 4.79 Å². The minimum absolute atomic E-state index is 0.0675. The van der Waals surface area contributed by atoms with E-state index in [0.29, 0.717) is 62.1 Å². The van der Waals surface area contributed by atoms with E-state index < -0.39 is 10.0 Å². The van der Waals surface area contributed by atoms with Crippen LogP contribution in [0.15, 0.2) is 34.2 Å². The number of hydrogen-bond donors (Lipinski definition) is 0. The van der Waals surface area contributed by atoms with Crippen LogP contribution in [0.1, 0.15) is 50.7 Å². The number of amides is 1. The summed E-state index contributed by atoms with van der Waals surface area (Å²) in [5.74, 6) is 0.953. The van der Waals surface area contributed by atoms with Crippen molar-refractivity contribution in [3.63, 3.8) is 0 Å². The van der Waals surface area contributed by atoms with Crippen LogP contribution in [0.3, 0.4) is 0 Å². The summed E-state index contributed by atoms with van der Waals surface area (Å²) in [6.45, 7) is 8.87. The Hall–Kier alpha value is -2.19. The van der Waals surface area contributed by atoms with Crippen molar-refractivity contribution < 1.29 is 17.9 Å². The number of carbonyl (C=O) groups excluding carboxylic acids is 1. The quantitative estimate of drug-likeness (QED) is 0.713. The summed E-state index contributed by atoms with van der Waals surface area (Å²) in [7, 11) is -2.16. The fraction of sp³-hybridized carbons (Fsp3) is 0.545. The van der Waals surface area contributed by atoms with Gasteiger partial charge < -0.3 is 14.5 Å². The zero-order valence-electron chi connectivity index (χ0n) is 18.2. The number of carbonyl (C=O) groups is 1. The van der Waals surface area contributed by atoms with Gasteiger partial charge in [-0.05, 0) is 30.4 Å². The second-order valence-corrected chi connectivity index (χ2v) is 9.63. The molecule has 1 amide bonds. The van der Waals surface area contributed by atoms with Crippen LogP contribution in [0.5, 0.6) is 0 Å². The van der Waals surface area contributed by atoms with Crippen LogP contribution in [0.25, 0.3) is 4.91 Å². The van der Waals surface area contributed by atoms with Crippen molar-refractivity contribution >= 4 is 26.7 Å². The molecule has 30 heavy (non-hydrogen) atoms. The Morgan fingerprint density at radius 2 is 1.83 bits per heavy atom. The number of amidine groups is 1. The lowest BCUT2D eigenvalue weighted by Gasteiger charge is -2.23. The molecular formula is C22H31N3O4S. The third kappa shape index (κ3) is 4.75. The molecule has 0 spiro atoms. The van der Waals surface area contributed by atoms with Gasteiger partial charge >= 0.3 is 0 Å². The molecule has 0 bridgehead atoms. The van der Waals surface area contributed by atoms with Crippen molar-refractivity contribution in [2.24, 2.45) is 4.40 Å². The number of methoxy groups -OCH3 is 1. The second kappa shape index (κ2) is 9.31. The average molecular weight is 434 g/mol. The van der Waals surface area contributed by atoms with Gasteiger partial charge in [-0.25, -0.2) is 0 Å². The van der Waals surface area contributed by atoms with E-state index in [0.717, 1.165) is 6.42 Å². The number of hydrogen-bond acceptors (Lipinski definition) is 5. The lowest BCUT2D eigenvalue weighted by atomic mass is 10.0. The second-order valence-electron chi connectivity index (χ2n) is 8.08. The predicted octanol–water partition coefficient (Wildman–Crippen LogP) is 2.85. The van der Waals surface area contributed by atoms with Crippen LogP contribution in [0.2, 0.25) is 0 Å². The topological polar surface area (TPSA) is 79.3 Å². The molecule has 0 unspecified atom stereocenters. The standard InChI is InChI=1S/C22H31N3O4S/c1-16(2)18-6-8-19(9-7-18)21-17(3)22(23-30(21,27)28)25-12-5-11-24(13-14-25)20(26)10-15-29-4/h6-9,16H,5,10-15H2,1-4H3. The van der Waals surface area contributed by atoms with Crippen LogP contribution in [0.4, 0.5) is 0 Å². The minimum Gasteiger partial charge on any atom is -0.384 e. The van der Waals surface area contributed by atoms with Crippen LogP contribution in [0, 0.1) is 0 Å². The molecule has 7 nitrogen and oxygen atoms in total. The maximum absolute atomic E-state index is 12.9. The molecule has 0 saturated carbocycles. The molecule has 1 aromatic rings. The summed E-state index contributed by atoms with van der Waals surface area (Å²) in [5, 5.41) is 0. The normalized spacial score (nSPS) is 19.3. The molecule has 2 heterocycles. The van der Waals surface area contributed by atoms with Gasteiger partial charge in [-0.15, -0.1) is 4.40 Å². The molecule has 164 valence electrons. The third-order valence-corrected chi connectivity index (χ3v) is 7.12. The van der Waals surface area contributed by atoms with E-state index in [4.69, 9.17) is 4.74 Å². The first-order chi connectivity index (χ1) is 14.2. The highest BCUT2D eigenvalue weighted by molar-refractivity contribution is 8.00. The number of nitrogens with zero attached hydrogens (tertiary/aromatic N) is 3. The summed E-state index contributed by atoms with van der Waals surface area (Å²) in [4.78, 5) is 16.4. The Morgan fingerprint density at radius 1 is 1.13 bits per heavy atom. The minimum atomic E-state index is -3.75. The molecule has 2 aliphatic heterocycles. The molecule has 1 aromatic carbocycles. The van der Waals surface area contributed by atoms with Gasteiger partial charge in [0.1, 0.15) is 10.7 Å². The van der Waals surface area contributed by atoms with Crippen molar-refractivity contribution in [3.05, 3.63) is 41.0 Å². The Bertz CT molecular complexity index is 949. The highest BCUT2D eigenvalue weighted by atomic mass is 32.2. The highest BCUT2D eigenvalue weighted by Crippen LogP contribution is 2.34. The number of rotatable bonds is 5. The van der Waals surface area contributed by atoms with Crippen molar-refractivity contribution in [2.75, 3.05) is 39.9 Å². The molecule has 1 fully saturated rings. The van der Waals surface area contributed by atoms with Crippen LogP contribution in [-0.2, 0) is 19.6 Å². The van der Waals surface area contributed by atoms with Gasteiger partial charge in [0, 0.05) is 38.9 Å². The number of sulfonamides is 1. The summed E-state index contributed by atoms with van der Waals surface area (Å²) >= 11 is 0. The zero-order chi connectivity index (χ0) is 21.9. The van der Waals surface area contributed by atoms with E-state index in [9.17, 15) is 13.2 Å². The molecule has 8 heteroatoms. The maximum atomic E-state index is 12.9. The summed E-state index contributed by atoms with van der Waals surface area (Å²) in [5.41, 5.74) is 2.51. The molecule has 3 rings (SSSR count). The summed E-state index contributed by atoms with van der Waals surface area (Å²) in [6, 6.07) is 7.68. The largest absolute Gasteiger partial charge is 0.384 e. The Labute approximate surface area is 179 Å². The zero-order valence-corrected chi connectivity index (χ0v) is 19.0. The van der Waals surface area contributed by atoms with Gasteiger partial charge in [0.25, 0.3) is 10.0 Å². The molecule has 0 atom stereocenters.